The monoisotopic (exact) mass is 395 g/mol. The zero-order valence-electron chi connectivity index (χ0n) is 17.0. The summed E-state index contributed by atoms with van der Waals surface area (Å²) in [6.45, 7) is 1.97. The molecule has 2 heterocycles. The number of hydrogen-bond donors (Lipinski definition) is 1. The van der Waals surface area contributed by atoms with Gasteiger partial charge in [-0.05, 0) is 61.4 Å². The van der Waals surface area contributed by atoms with E-state index in [-0.39, 0.29) is 12.1 Å². The van der Waals surface area contributed by atoms with Gasteiger partial charge < -0.3 is 19.7 Å². The Bertz CT molecular complexity index is 821. The van der Waals surface area contributed by atoms with Gasteiger partial charge in [0.1, 0.15) is 0 Å². The smallest absolute Gasteiger partial charge is 0.317 e. The van der Waals surface area contributed by atoms with Gasteiger partial charge in [0.15, 0.2) is 11.5 Å². The number of rotatable bonds is 6. The fourth-order valence-electron chi connectivity index (χ4n) is 4.23. The molecule has 2 aliphatic rings. The predicted octanol–water partition coefficient (Wildman–Crippen LogP) is 4.11. The summed E-state index contributed by atoms with van der Waals surface area (Å²) in [6, 6.07) is 10.0. The fourth-order valence-corrected chi connectivity index (χ4v) is 4.23. The van der Waals surface area contributed by atoms with E-state index in [0.29, 0.717) is 19.0 Å². The van der Waals surface area contributed by atoms with Crippen molar-refractivity contribution in [3.63, 3.8) is 0 Å². The lowest BCUT2D eigenvalue weighted by Gasteiger charge is -2.20. The third-order valence-electron chi connectivity index (χ3n) is 5.90. The third-order valence-corrected chi connectivity index (χ3v) is 5.90. The van der Waals surface area contributed by atoms with E-state index < -0.39 is 0 Å². The maximum Gasteiger partial charge on any atom is 0.317 e. The number of ether oxygens (including phenoxy) is 2. The number of carbonyl (C=O) groups excluding carboxylic acids is 1. The van der Waals surface area contributed by atoms with Crippen molar-refractivity contribution >= 4 is 6.03 Å². The molecular weight excluding hydrogens is 366 g/mol. The lowest BCUT2D eigenvalue weighted by atomic mass is 9.98. The first-order valence-electron chi connectivity index (χ1n) is 10.5. The Morgan fingerprint density at radius 1 is 1.21 bits per heavy atom. The van der Waals surface area contributed by atoms with E-state index in [1.807, 2.05) is 23.1 Å². The molecule has 1 saturated heterocycles. The van der Waals surface area contributed by atoms with Crippen molar-refractivity contribution in [2.45, 2.75) is 50.7 Å². The van der Waals surface area contributed by atoms with Crippen LogP contribution in [0.2, 0.25) is 0 Å². The summed E-state index contributed by atoms with van der Waals surface area (Å²) < 4.78 is 11.7. The fraction of sp³-hybridized carbons (Fsp3) is 0.478. The first-order chi connectivity index (χ1) is 14.2. The SMILES string of the molecule is COc1ccc(C2CCN(C(=O)NCc3cccnc3)C2)cc1OC1CCCC1. The number of amides is 2. The molecule has 0 bridgehead atoms. The van der Waals surface area contributed by atoms with Crippen LogP contribution in [0.1, 0.15) is 49.1 Å². The molecule has 1 atom stereocenters. The first kappa shape index (κ1) is 19.6. The van der Waals surface area contributed by atoms with Gasteiger partial charge >= 0.3 is 6.03 Å². The molecule has 1 aromatic heterocycles. The molecule has 1 aliphatic carbocycles. The maximum absolute atomic E-state index is 12.5. The van der Waals surface area contributed by atoms with Crippen LogP contribution in [0.4, 0.5) is 4.79 Å². The minimum Gasteiger partial charge on any atom is -0.493 e. The normalized spacial score (nSPS) is 19.3. The Labute approximate surface area is 172 Å². The van der Waals surface area contributed by atoms with Gasteiger partial charge in [0, 0.05) is 37.9 Å². The van der Waals surface area contributed by atoms with Gasteiger partial charge in [0.05, 0.1) is 13.2 Å². The van der Waals surface area contributed by atoms with Crippen LogP contribution in [0.3, 0.4) is 0 Å². The lowest BCUT2D eigenvalue weighted by Crippen LogP contribution is -2.37. The van der Waals surface area contributed by atoms with E-state index in [1.165, 1.54) is 18.4 Å². The van der Waals surface area contributed by atoms with Crippen LogP contribution in [0.5, 0.6) is 11.5 Å². The molecule has 1 aromatic carbocycles. The molecule has 1 aliphatic heterocycles. The molecule has 0 spiro atoms. The first-order valence-corrected chi connectivity index (χ1v) is 10.5. The summed E-state index contributed by atoms with van der Waals surface area (Å²) in [5, 5.41) is 2.99. The van der Waals surface area contributed by atoms with Crippen molar-refractivity contribution in [2.75, 3.05) is 20.2 Å². The van der Waals surface area contributed by atoms with Gasteiger partial charge in [-0.1, -0.05) is 12.1 Å². The molecular formula is C23H29N3O3. The van der Waals surface area contributed by atoms with Gasteiger partial charge in [0.25, 0.3) is 0 Å². The molecule has 6 nitrogen and oxygen atoms in total. The highest BCUT2D eigenvalue weighted by atomic mass is 16.5. The highest BCUT2D eigenvalue weighted by Crippen LogP contribution is 2.36. The minimum absolute atomic E-state index is 0.0210. The highest BCUT2D eigenvalue weighted by Gasteiger charge is 2.28. The minimum atomic E-state index is -0.0210. The van der Waals surface area contributed by atoms with Crippen molar-refractivity contribution in [1.29, 1.82) is 0 Å². The molecule has 1 saturated carbocycles. The van der Waals surface area contributed by atoms with Crippen molar-refractivity contribution < 1.29 is 14.3 Å². The molecule has 154 valence electrons. The molecule has 1 N–H and O–H groups in total. The average Bonchev–Trinajstić information content (AvgIpc) is 3.45. The Balaban J connectivity index is 1.37. The largest absolute Gasteiger partial charge is 0.493 e. The van der Waals surface area contributed by atoms with Crippen molar-refractivity contribution in [3.05, 3.63) is 53.9 Å². The van der Waals surface area contributed by atoms with Crippen LogP contribution < -0.4 is 14.8 Å². The van der Waals surface area contributed by atoms with Crippen LogP contribution in [0, 0.1) is 0 Å². The molecule has 1 unspecified atom stereocenters. The second-order valence-electron chi connectivity index (χ2n) is 7.89. The number of aromatic nitrogens is 1. The number of likely N-dealkylation sites (tertiary alicyclic amines) is 1. The Kier molecular flexibility index (Phi) is 6.17. The van der Waals surface area contributed by atoms with Crippen LogP contribution in [-0.2, 0) is 6.54 Å². The quantitative estimate of drug-likeness (QED) is 0.799. The molecule has 0 radical (unpaired) electrons. The van der Waals surface area contributed by atoms with Crippen LogP contribution in [0.25, 0.3) is 0 Å². The number of nitrogens with zero attached hydrogens (tertiary/aromatic N) is 2. The summed E-state index contributed by atoms with van der Waals surface area (Å²) in [5.74, 6) is 1.93. The van der Waals surface area contributed by atoms with Crippen LogP contribution in [0.15, 0.2) is 42.7 Å². The number of hydrogen-bond acceptors (Lipinski definition) is 4. The molecule has 29 heavy (non-hydrogen) atoms. The zero-order chi connectivity index (χ0) is 20.1. The summed E-state index contributed by atoms with van der Waals surface area (Å²) in [6.07, 6.45) is 9.44. The van der Waals surface area contributed by atoms with Gasteiger partial charge in [-0.3, -0.25) is 4.98 Å². The van der Waals surface area contributed by atoms with Crippen LogP contribution in [-0.4, -0.2) is 42.2 Å². The standard InChI is InChI=1S/C23H29N3O3/c1-28-21-9-8-18(13-22(21)29-20-6-2-3-7-20)19-10-12-26(16-19)23(27)25-15-17-5-4-11-24-14-17/h4-5,8-9,11,13-14,19-20H,2-3,6-7,10,12,15-16H2,1H3,(H,25,27). The summed E-state index contributed by atoms with van der Waals surface area (Å²) >= 11 is 0. The van der Waals surface area contributed by atoms with Gasteiger partial charge in [-0.15, -0.1) is 0 Å². The number of pyridine rings is 1. The average molecular weight is 396 g/mol. The van der Waals surface area contributed by atoms with E-state index in [9.17, 15) is 4.79 Å². The highest BCUT2D eigenvalue weighted by molar-refractivity contribution is 5.74. The summed E-state index contributed by atoms with van der Waals surface area (Å²) in [7, 11) is 1.68. The maximum atomic E-state index is 12.5. The Morgan fingerprint density at radius 2 is 2.07 bits per heavy atom. The van der Waals surface area contributed by atoms with E-state index in [2.05, 4.69) is 22.4 Å². The number of nitrogens with one attached hydrogen (secondary N) is 1. The number of methoxy groups -OCH3 is 1. The number of urea groups is 1. The Hall–Kier alpha value is -2.76. The molecule has 2 fully saturated rings. The van der Waals surface area contributed by atoms with Gasteiger partial charge in [-0.2, -0.15) is 0 Å². The van der Waals surface area contributed by atoms with Crippen LogP contribution >= 0.6 is 0 Å². The second kappa shape index (κ2) is 9.16. The topological polar surface area (TPSA) is 63.7 Å². The predicted molar refractivity (Wildman–Crippen MR) is 111 cm³/mol. The van der Waals surface area contributed by atoms with Gasteiger partial charge in [-0.25, -0.2) is 4.79 Å². The lowest BCUT2D eigenvalue weighted by molar-refractivity contribution is 0.200. The van der Waals surface area contributed by atoms with Crippen molar-refractivity contribution in [2.24, 2.45) is 0 Å². The number of benzene rings is 1. The van der Waals surface area contributed by atoms with E-state index in [1.54, 1.807) is 19.5 Å². The van der Waals surface area contributed by atoms with E-state index in [4.69, 9.17) is 9.47 Å². The van der Waals surface area contributed by atoms with E-state index in [0.717, 1.165) is 42.9 Å². The summed E-state index contributed by atoms with van der Waals surface area (Å²) in [4.78, 5) is 18.5. The zero-order valence-corrected chi connectivity index (χ0v) is 17.0. The van der Waals surface area contributed by atoms with Crippen molar-refractivity contribution in [1.82, 2.24) is 15.2 Å². The Morgan fingerprint density at radius 3 is 2.83 bits per heavy atom. The van der Waals surface area contributed by atoms with Crippen molar-refractivity contribution in [3.8, 4) is 11.5 Å². The summed E-state index contributed by atoms with van der Waals surface area (Å²) in [5.41, 5.74) is 2.21. The third kappa shape index (κ3) is 4.81. The second-order valence-corrected chi connectivity index (χ2v) is 7.89. The molecule has 2 amide bonds. The van der Waals surface area contributed by atoms with E-state index >= 15 is 0 Å². The molecule has 2 aromatic rings. The van der Waals surface area contributed by atoms with Gasteiger partial charge in [0.2, 0.25) is 0 Å². The molecule has 4 rings (SSSR count). The number of carbonyl (C=O) groups is 1. The molecule has 6 heteroatoms.